The fourth-order valence-corrected chi connectivity index (χ4v) is 4.84. The maximum atomic E-state index is 3.07. The first kappa shape index (κ1) is 12.9. The van der Waals surface area contributed by atoms with Gasteiger partial charge in [0.05, 0.1) is 0 Å². The molecule has 2 aliphatic rings. The highest BCUT2D eigenvalue weighted by atomic mass is 31.0. The fraction of sp³-hybridized carbons (Fsp3) is 1.00. The van der Waals surface area contributed by atoms with Crippen molar-refractivity contribution in [2.75, 3.05) is 0 Å². The topological polar surface area (TPSA) is 0 Å². The molecule has 0 nitrogen and oxygen atoms in total. The maximum absolute atomic E-state index is 3.07. The number of rotatable bonds is 3. The van der Waals surface area contributed by atoms with Crippen molar-refractivity contribution < 1.29 is 0 Å². The normalized spacial score (nSPS) is 37.5. The number of hydrogen-bond donors (Lipinski definition) is 0. The van der Waals surface area contributed by atoms with Crippen molar-refractivity contribution in [2.45, 2.75) is 76.8 Å². The van der Waals surface area contributed by atoms with Gasteiger partial charge in [0.1, 0.15) is 0 Å². The lowest BCUT2D eigenvalue weighted by atomic mass is 9.77. The number of hydrogen-bond acceptors (Lipinski definition) is 0. The Balaban J connectivity index is 1.68. The monoisotopic (exact) mass is 240 g/mol. The lowest BCUT2D eigenvalue weighted by Gasteiger charge is -2.32. The first-order valence-electron chi connectivity index (χ1n) is 7.49. The summed E-state index contributed by atoms with van der Waals surface area (Å²) in [4.78, 5) is 0. The van der Waals surface area contributed by atoms with E-state index in [1.807, 2.05) is 0 Å². The predicted molar refractivity (Wildman–Crippen MR) is 75.8 cm³/mol. The lowest BCUT2D eigenvalue weighted by molar-refractivity contribution is 0.242. The largest absolute Gasteiger partial charge is 0.134 e. The van der Waals surface area contributed by atoms with Crippen LogP contribution in [-0.2, 0) is 0 Å². The van der Waals surface area contributed by atoms with Crippen LogP contribution in [0.2, 0.25) is 0 Å². The predicted octanol–water partition coefficient (Wildman–Crippen LogP) is 5.03. The van der Waals surface area contributed by atoms with Gasteiger partial charge in [0, 0.05) is 0 Å². The van der Waals surface area contributed by atoms with Gasteiger partial charge >= 0.3 is 0 Å². The Labute approximate surface area is 104 Å². The lowest BCUT2D eigenvalue weighted by Crippen LogP contribution is -2.22. The summed E-state index contributed by atoms with van der Waals surface area (Å²) in [7, 11) is 3.07. The molecule has 0 saturated heterocycles. The van der Waals surface area contributed by atoms with Crippen LogP contribution < -0.4 is 0 Å². The van der Waals surface area contributed by atoms with Crippen molar-refractivity contribution in [3.05, 3.63) is 0 Å². The molecule has 94 valence electrons. The smallest absolute Gasteiger partial charge is 0.0259 e. The molecule has 2 unspecified atom stereocenters. The van der Waals surface area contributed by atoms with E-state index in [2.05, 4.69) is 16.2 Å². The van der Waals surface area contributed by atoms with Crippen LogP contribution in [0.1, 0.15) is 71.1 Å². The standard InChI is InChI=1S/C15H29P/c1-12-9-14(11-15(16)10-12)8-7-13-5-3-2-4-6-13/h12-15H,2-11,16H2,1H3/t12-,14?,15-/m1/s1. The zero-order chi connectivity index (χ0) is 11.4. The molecule has 4 atom stereocenters. The van der Waals surface area contributed by atoms with Crippen LogP contribution in [0, 0.1) is 17.8 Å². The molecule has 0 bridgehead atoms. The molecular weight excluding hydrogens is 211 g/mol. The molecule has 2 aliphatic carbocycles. The van der Waals surface area contributed by atoms with Crippen molar-refractivity contribution in [3.8, 4) is 0 Å². The molecule has 16 heavy (non-hydrogen) atoms. The van der Waals surface area contributed by atoms with Crippen molar-refractivity contribution in [2.24, 2.45) is 17.8 Å². The van der Waals surface area contributed by atoms with Crippen molar-refractivity contribution in [3.63, 3.8) is 0 Å². The summed E-state index contributed by atoms with van der Waals surface area (Å²) < 4.78 is 0. The Kier molecular flexibility index (Phi) is 5.14. The van der Waals surface area contributed by atoms with Crippen LogP contribution in [0.5, 0.6) is 0 Å². The summed E-state index contributed by atoms with van der Waals surface area (Å²) in [6, 6.07) is 0. The average Bonchev–Trinajstić information content (AvgIpc) is 2.27. The van der Waals surface area contributed by atoms with Crippen LogP contribution in [-0.4, -0.2) is 5.66 Å². The molecule has 0 aliphatic heterocycles. The Bertz CT molecular complexity index is 186. The minimum absolute atomic E-state index is 0.917. The van der Waals surface area contributed by atoms with E-state index in [0.717, 1.165) is 23.4 Å². The summed E-state index contributed by atoms with van der Waals surface area (Å²) in [5.41, 5.74) is 0.917. The van der Waals surface area contributed by atoms with E-state index in [0.29, 0.717) is 0 Å². The van der Waals surface area contributed by atoms with Crippen LogP contribution in [0.4, 0.5) is 0 Å². The molecule has 0 aromatic carbocycles. The average molecular weight is 240 g/mol. The van der Waals surface area contributed by atoms with Gasteiger partial charge in [-0.3, -0.25) is 0 Å². The van der Waals surface area contributed by atoms with Crippen LogP contribution in [0.3, 0.4) is 0 Å². The van der Waals surface area contributed by atoms with Crippen molar-refractivity contribution >= 4 is 9.24 Å². The molecule has 0 amide bonds. The summed E-state index contributed by atoms with van der Waals surface area (Å²) in [5.74, 6) is 3.12. The van der Waals surface area contributed by atoms with Gasteiger partial charge in [-0.25, -0.2) is 0 Å². The first-order chi connectivity index (χ1) is 7.74. The zero-order valence-electron chi connectivity index (χ0n) is 11.0. The van der Waals surface area contributed by atoms with Gasteiger partial charge in [-0.1, -0.05) is 51.9 Å². The SMILES string of the molecule is C[C@@H]1CC(CCC2CCCCC2)C[C@H](P)C1. The molecule has 0 spiro atoms. The molecule has 2 saturated carbocycles. The minimum atomic E-state index is 0.917. The third-order valence-electron chi connectivity index (χ3n) is 4.78. The van der Waals surface area contributed by atoms with Gasteiger partial charge in [-0.05, 0) is 42.7 Å². The van der Waals surface area contributed by atoms with E-state index >= 15 is 0 Å². The molecule has 0 aromatic rings. The van der Waals surface area contributed by atoms with E-state index < -0.39 is 0 Å². The van der Waals surface area contributed by atoms with Crippen LogP contribution in [0.25, 0.3) is 0 Å². The Morgan fingerprint density at radius 2 is 1.56 bits per heavy atom. The molecule has 2 fully saturated rings. The van der Waals surface area contributed by atoms with E-state index in [1.165, 1.54) is 64.2 Å². The van der Waals surface area contributed by atoms with Crippen LogP contribution in [0.15, 0.2) is 0 Å². The summed E-state index contributed by atoms with van der Waals surface area (Å²) >= 11 is 0. The minimum Gasteiger partial charge on any atom is -0.134 e. The molecule has 0 heterocycles. The van der Waals surface area contributed by atoms with Gasteiger partial charge in [0.2, 0.25) is 0 Å². The summed E-state index contributed by atoms with van der Waals surface area (Å²) in [6.07, 6.45) is 15.1. The van der Waals surface area contributed by atoms with E-state index in [4.69, 9.17) is 0 Å². The third kappa shape index (κ3) is 4.02. The quantitative estimate of drug-likeness (QED) is 0.607. The summed E-state index contributed by atoms with van der Waals surface area (Å²) in [5, 5.41) is 0. The molecule has 1 heteroatoms. The zero-order valence-corrected chi connectivity index (χ0v) is 12.1. The second kappa shape index (κ2) is 6.39. The van der Waals surface area contributed by atoms with Gasteiger partial charge in [0.15, 0.2) is 0 Å². The van der Waals surface area contributed by atoms with Gasteiger partial charge in [-0.2, -0.15) is 0 Å². The Morgan fingerprint density at radius 3 is 2.25 bits per heavy atom. The van der Waals surface area contributed by atoms with Crippen molar-refractivity contribution in [1.82, 2.24) is 0 Å². The van der Waals surface area contributed by atoms with Gasteiger partial charge < -0.3 is 0 Å². The Hall–Kier alpha value is 0.430. The van der Waals surface area contributed by atoms with Gasteiger partial charge in [-0.15, -0.1) is 9.24 Å². The second-order valence-electron chi connectivity index (χ2n) is 6.52. The third-order valence-corrected chi connectivity index (χ3v) is 5.33. The summed E-state index contributed by atoms with van der Waals surface area (Å²) in [6.45, 7) is 2.45. The Morgan fingerprint density at radius 1 is 0.875 bits per heavy atom. The first-order valence-corrected chi connectivity index (χ1v) is 8.16. The van der Waals surface area contributed by atoms with E-state index in [9.17, 15) is 0 Å². The molecule has 2 rings (SSSR count). The van der Waals surface area contributed by atoms with E-state index in [-0.39, 0.29) is 0 Å². The second-order valence-corrected chi connectivity index (χ2v) is 7.46. The maximum Gasteiger partial charge on any atom is -0.0259 e. The van der Waals surface area contributed by atoms with Crippen LogP contribution >= 0.6 is 9.24 Å². The van der Waals surface area contributed by atoms with Crippen molar-refractivity contribution in [1.29, 1.82) is 0 Å². The van der Waals surface area contributed by atoms with E-state index in [1.54, 1.807) is 0 Å². The highest BCUT2D eigenvalue weighted by Crippen LogP contribution is 2.37. The highest BCUT2D eigenvalue weighted by Gasteiger charge is 2.24. The van der Waals surface area contributed by atoms with Gasteiger partial charge in [0.25, 0.3) is 0 Å². The highest BCUT2D eigenvalue weighted by molar-refractivity contribution is 7.17. The molecule has 0 aromatic heterocycles. The molecule has 0 N–H and O–H groups in total. The molecule has 0 radical (unpaired) electrons. The molecular formula is C15H29P. The fourth-order valence-electron chi connectivity index (χ4n) is 3.99.